The molecule has 0 saturated carbocycles. The second kappa shape index (κ2) is 10.3. The van der Waals surface area contributed by atoms with E-state index in [0.29, 0.717) is 51.7 Å². The maximum Gasteiger partial charge on any atom is 0.294 e. The minimum absolute atomic E-state index is 0.260. The summed E-state index contributed by atoms with van der Waals surface area (Å²) in [6.45, 7) is 4.53. The molecule has 0 spiro atoms. The van der Waals surface area contributed by atoms with Crippen LogP contribution < -0.4 is 14.2 Å². The van der Waals surface area contributed by atoms with Crippen LogP contribution in [0.2, 0.25) is 0 Å². The third-order valence-electron chi connectivity index (χ3n) is 6.32. The Kier molecular flexibility index (Phi) is 6.50. The average Bonchev–Trinajstić information content (AvgIpc) is 3.65. The minimum atomic E-state index is -0.260. The van der Waals surface area contributed by atoms with E-state index in [1.807, 2.05) is 36.4 Å². The number of imidazole rings is 1. The number of furan rings is 1. The standard InChI is InChI=1S/C30H24FN3O4S/c1-18(21-7-9-22(31)10-8-21)11-19-5-4-6-20(12-19)17-37-26-13-23(35-2)14-27-24(26)15-28(38-27)25-16-34-29(32-25)39-30(33-34)36-3/h4-10,12-16H,1,11,17H2,2-3H3. The van der Waals surface area contributed by atoms with Crippen molar-refractivity contribution in [2.24, 2.45) is 0 Å². The maximum absolute atomic E-state index is 13.3. The Morgan fingerprint density at radius 1 is 1.03 bits per heavy atom. The van der Waals surface area contributed by atoms with Crippen molar-refractivity contribution in [1.29, 1.82) is 0 Å². The summed E-state index contributed by atoms with van der Waals surface area (Å²) in [5, 5.41) is 5.68. The fourth-order valence-electron chi connectivity index (χ4n) is 4.35. The van der Waals surface area contributed by atoms with Gasteiger partial charge >= 0.3 is 0 Å². The molecule has 7 nitrogen and oxygen atoms in total. The molecule has 0 amide bonds. The van der Waals surface area contributed by atoms with Gasteiger partial charge in [-0.25, -0.2) is 13.9 Å². The Labute approximate surface area is 227 Å². The van der Waals surface area contributed by atoms with E-state index in [9.17, 15) is 4.39 Å². The van der Waals surface area contributed by atoms with E-state index < -0.39 is 0 Å². The summed E-state index contributed by atoms with van der Waals surface area (Å²) in [5.41, 5.74) is 5.23. The molecule has 0 aliphatic heterocycles. The van der Waals surface area contributed by atoms with Gasteiger partial charge in [-0.05, 0) is 58.2 Å². The fraction of sp³-hybridized carbons (Fsp3) is 0.133. The van der Waals surface area contributed by atoms with Gasteiger partial charge in [-0.15, -0.1) is 5.10 Å². The van der Waals surface area contributed by atoms with Crippen LogP contribution in [0.25, 0.3) is 33.0 Å². The molecule has 39 heavy (non-hydrogen) atoms. The van der Waals surface area contributed by atoms with Crippen LogP contribution >= 0.6 is 11.3 Å². The van der Waals surface area contributed by atoms with Gasteiger partial charge in [-0.2, -0.15) is 0 Å². The van der Waals surface area contributed by atoms with Crippen LogP contribution in [0.5, 0.6) is 16.7 Å². The summed E-state index contributed by atoms with van der Waals surface area (Å²) >= 11 is 1.35. The van der Waals surface area contributed by atoms with Crippen LogP contribution in [0.3, 0.4) is 0 Å². The monoisotopic (exact) mass is 541 g/mol. The highest BCUT2D eigenvalue weighted by atomic mass is 32.1. The van der Waals surface area contributed by atoms with Crippen LogP contribution in [-0.2, 0) is 13.0 Å². The number of rotatable bonds is 9. The molecule has 0 aliphatic carbocycles. The van der Waals surface area contributed by atoms with Crippen molar-refractivity contribution in [2.75, 3.05) is 14.2 Å². The van der Waals surface area contributed by atoms with Crippen LogP contribution in [-0.4, -0.2) is 28.8 Å². The summed E-state index contributed by atoms with van der Waals surface area (Å²) in [7, 11) is 3.18. The highest BCUT2D eigenvalue weighted by molar-refractivity contribution is 7.18. The van der Waals surface area contributed by atoms with Gasteiger partial charge in [-0.1, -0.05) is 43.0 Å². The first-order chi connectivity index (χ1) is 19.0. The van der Waals surface area contributed by atoms with E-state index >= 15 is 0 Å². The Hall–Kier alpha value is -4.63. The normalized spacial score (nSPS) is 11.3. The zero-order chi connectivity index (χ0) is 26.9. The van der Waals surface area contributed by atoms with Crippen molar-refractivity contribution in [3.8, 4) is 28.1 Å². The van der Waals surface area contributed by atoms with Crippen molar-refractivity contribution in [1.82, 2.24) is 14.6 Å². The van der Waals surface area contributed by atoms with E-state index in [-0.39, 0.29) is 5.82 Å². The lowest BCUT2D eigenvalue weighted by Crippen LogP contribution is -1.98. The van der Waals surface area contributed by atoms with E-state index in [0.717, 1.165) is 27.6 Å². The van der Waals surface area contributed by atoms with E-state index in [2.05, 4.69) is 22.7 Å². The summed E-state index contributed by atoms with van der Waals surface area (Å²) in [6.07, 6.45) is 2.45. The van der Waals surface area contributed by atoms with Crippen molar-refractivity contribution < 1.29 is 23.0 Å². The summed E-state index contributed by atoms with van der Waals surface area (Å²) < 4.78 is 38.0. The predicted octanol–water partition coefficient (Wildman–Crippen LogP) is 7.20. The van der Waals surface area contributed by atoms with E-state index in [1.165, 1.54) is 23.5 Å². The molecule has 0 N–H and O–H groups in total. The van der Waals surface area contributed by atoms with Gasteiger partial charge in [0, 0.05) is 12.1 Å². The molecule has 0 bridgehead atoms. The lowest BCUT2D eigenvalue weighted by Gasteiger charge is -2.11. The highest BCUT2D eigenvalue weighted by Crippen LogP contribution is 2.37. The Balaban J connectivity index is 1.23. The van der Waals surface area contributed by atoms with Gasteiger partial charge in [0.25, 0.3) is 5.19 Å². The van der Waals surface area contributed by atoms with Crippen molar-refractivity contribution in [2.45, 2.75) is 13.0 Å². The second-order valence-electron chi connectivity index (χ2n) is 8.97. The number of aromatic nitrogens is 3. The Bertz CT molecular complexity index is 1770. The van der Waals surface area contributed by atoms with Gasteiger partial charge < -0.3 is 18.6 Å². The first-order valence-corrected chi connectivity index (χ1v) is 13.0. The minimum Gasteiger partial charge on any atom is -0.496 e. The van der Waals surface area contributed by atoms with Gasteiger partial charge in [0.15, 0.2) is 5.76 Å². The predicted molar refractivity (Wildman–Crippen MR) is 149 cm³/mol. The quantitative estimate of drug-likeness (QED) is 0.193. The van der Waals surface area contributed by atoms with Crippen LogP contribution in [0, 0.1) is 5.82 Å². The molecule has 6 rings (SSSR count). The zero-order valence-electron chi connectivity index (χ0n) is 21.3. The molecule has 3 aromatic heterocycles. The van der Waals surface area contributed by atoms with E-state index in [4.69, 9.17) is 18.6 Å². The summed E-state index contributed by atoms with van der Waals surface area (Å²) in [6, 6.07) is 20.1. The number of hydrogen-bond acceptors (Lipinski definition) is 7. The van der Waals surface area contributed by atoms with Crippen molar-refractivity contribution in [3.05, 3.63) is 102 Å². The molecule has 6 aromatic rings. The number of hydrogen-bond donors (Lipinski definition) is 0. The number of fused-ring (bicyclic) bond motifs is 2. The molecular weight excluding hydrogens is 517 g/mol. The molecule has 0 saturated heterocycles. The van der Waals surface area contributed by atoms with E-state index in [1.54, 1.807) is 37.1 Å². The van der Waals surface area contributed by atoms with Crippen LogP contribution in [0.1, 0.15) is 16.7 Å². The van der Waals surface area contributed by atoms with Crippen molar-refractivity contribution in [3.63, 3.8) is 0 Å². The number of ether oxygens (including phenoxy) is 3. The zero-order valence-corrected chi connectivity index (χ0v) is 22.1. The molecule has 0 aliphatic rings. The fourth-order valence-corrected chi connectivity index (χ4v) is 5.05. The largest absolute Gasteiger partial charge is 0.496 e. The molecule has 0 radical (unpaired) electrons. The maximum atomic E-state index is 13.3. The smallest absolute Gasteiger partial charge is 0.294 e. The van der Waals surface area contributed by atoms with Gasteiger partial charge in [0.05, 0.1) is 25.8 Å². The van der Waals surface area contributed by atoms with Crippen LogP contribution in [0.4, 0.5) is 4.39 Å². The van der Waals surface area contributed by atoms with Gasteiger partial charge in [-0.3, -0.25) is 0 Å². The number of allylic oxidation sites excluding steroid dienone is 1. The Morgan fingerprint density at radius 3 is 2.62 bits per heavy atom. The molecule has 0 atom stereocenters. The SMILES string of the molecule is C=C(Cc1cccc(COc2cc(OC)cc3oc(-c4cn5nc(OC)sc5n4)cc23)c1)c1ccc(F)cc1. The molecule has 9 heteroatoms. The van der Waals surface area contributed by atoms with Crippen LogP contribution in [0.15, 0.2) is 83.9 Å². The molecule has 3 aromatic carbocycles. The summed E-state index contributed by atoms with van der Waals surface area (Å²) in [5.74, 6) is 1.60. The number of methoxy groups -OCH3 is 2. The third kappa shape index (κ3) is 5.08. The third-order valence-corrected chi connectivity index (χ3v) is 7.20. The lowest BCUT2D eigenvalue weighted by molar-refractivity contribution is 0.307. The van der Waals surface area contributed by atoms with Crippen molar-refractivity contribution >= 4 is 32.8 Å². The molecular formula is C30H24FN3O4S. The topological polar surface area (TPSA) is 71.0 Å². The average molecular weight is 542 g/mol. The first kappa shape index (κ1) is 24.7. The first-order valence-electron chi connectivity index (χ1n) is 12.2. The second-order valence-corrected chi connectivity index (χ2v) is 9.89. The lowest BCUT2D eigenvalue weighted by atomic mass is 9.98. The molecule has 3 heterocycles. The number of nitrogens with zero attached hydrogens (tertiary/aromatic N) is 3. The highest BCUT2D eigenvalue weighted by Gasteiger charge is 2.17. The number of benzene rings is 3. The Morgan fingerprint density at radius 2 is 1.85 bits per heavy atom. The van der Waals surface area contributed by atoms with Gasteiger partial charge in [0.1, 0.15) is 35.2 Å². The summed E-state index contributed by atoms with van der Waals surface area (Å²) in [4.78, 5) is 5.33. The molecule has 196 valence electrons. The van der Waals surface area contributed by atoms with Gasteiger partial charge in [0.2, 0.25) is 4.96 Å². The molecule has 0 fully saturated rings. The molecule has 0 unspecified atom stereocenters. The number of halogens is 1.